The van der Waals surface area contributed by atoms with Gasteiger partial charge in [0.25, 0.3) is 0 Å². The van der Waals surface area contributed by atoms with Gasteiger partial charge in [-0.2, -0.15) is 15.1 Å². The molecule has 0 spiro atoms. The van der Waals surface area contributed by atoms with Crippen molar-refractivity contribution >= 4 is 33.7 Å². The zero-order valence-electron chi connectivity index (χ0n) is 26.6. The van der Waals surface area contributed by atoms with E-state index in [0.29, 0.717) is 59.8 Å². The Labute approximate surface area is 266 Å². The van der Waals surface area contributed by atoms with Gasteiger partial charge in [0.2, 0.25) is 0 Å². The van der Waals surface area contributed by atoms with E-state index in [1.165, 1.54) is 6.07 Å². The largest absolute Gasteiger partial charge is 0.505 e. The topological polar surface area (TPSA) is 126 Å². The summed E-state index contributed by atoms with van der Waals surface area (Å²) in [7, 11) is 0. The van der Waals surface area contributed by atoms with Crippen molar-refractivity contribution < 1.29 is 28.5 Å². The molecule has 12 heteroatoms. The van der Waals surface area contributed by atoms with Crippen LogP contribution in [-0.4, -0.2) is 86.4 Å². The molecule has 0 unspecified atom stereocenters. The maximum Gasteiger partial charge on any atom is 0.410 e. The highest BCUT2D eigenvalue weighted by Crippen LogP contribution is 2.53. The molecule has 46 heavy (non-hydrogen) atoms. The van der Waals surface area contributed by atoms with Gasteiger partial charge < -0.3 is 29.1 Å². The molecule has 242 valence electrons. The minimum Gasteiger partial charge on any atom is -0.505 e. The van der Waals surface area contributed by atoms with Crippen molar-refractivity contribution in [2.75, 3.05) is 31.2 Å². The number of anilines is 1. The van der Waals surface area contributed by atoms with E-state index in [-0.39, 0.29) is 47.8 Å². The van der Waals surface area contributed by atoms with Crippen LogP contribution in [-0.2, 0) is 9.47 Å². The third-order valence-electron chi connectivity index (χ3n) is 9.75. The number of carbonyl (C=O) groups is 1. The molecule has 1 amide bonds. The zero-order chi connectivity index (χ0) is 31.9. The lowest BCUT2D eigenvalue weighted by molar-refractivity contribution is 0.0206. The minimum absolute atomic E-state index is 0.0178. The summed E-state index contributed by atoms with van der Waals surface area (Å²) in [4.78, 5) is 26.9. The fourth-order valence-corrected chi connectivity index (χ4v) is 7.38. The number of rotatable bonds is 5. The fourth-order valence-electron chi connectivity index (χ4n) is 7.38. The number of likely N-dealkylation sites (tertiary alicyclic amines) is 1. The first kappa shape index (κ1) is 29.2. The number of carbonyl (C=O) groups excluding carboxylic acids is 1. The summed E-state index contributed by atoms with van der Waals surface area (Å²) in [6.07, 6.45) is 5.44. The lowest BCUT2D eigenvalue weighted by atomic mass is 9.89. The van der Waals surface area contributed by atoms with Crippen LogP contribution in [0.4, 0.5) is 15.0 Å². The van der Waals surface area contributed by atoms with Gasteiger partial charge in [0, 0.05) is 47.8 Å². The van der Waals surface area contributed by atoms with Crippen LogP contribution in [0.25, 0.3) is 32.9 Å². The number of phenolic OH excluding ortho intramolecular Hbond substituents is 1. The lowest BCUT2D eigenvalue weighted by Crippen LogP contribution is -2.50. The molecule has 4 aliphatic rings. The smallest absolute Gasteiger partial charge is 0.410 e. The van der Waals surface area contributed by atoms with Gasteiger partial charge in [0.15, 0.2) is 0 Å². The molecule has 8 rings (SSSR count). The van der Waals surface area contributed by atoms with Crippen LogP contribution in [0.15, 0.2) is 18.3 Å². The van der Waals surface area contributed by atoms with Crippen molar-refractivity contribution in [3.8, 4) is 22.9 Å². The number of nitrogens with one attached hydrogen (secondary N) is 1. The Kier molecular flexibility index (Phi) is 6.79. The number of benzene rings is 2. The average molecular weight is 631 g/mol. The number of amides is 1. The minimum atomic E-state index is -0.575. The predicted molar refractivity (Wildman–Crippen MR) is 170 cm³/mol. The normalized spacial score (nSPS) is 21.9. The summed E-state index contributed by atoms with van der Waals surface area (Å²) < 4.78 is 32.9. The number of piperazine rings is 1. The van der Waals surface area contributed by atoms with E-state index >= 15 is 4.39 Å². The standard InChI is InChI=1S/C34H39FN6O5/c1-17-25(35)13-26-24(14-36-39-26)27(17)28-22(18-5-6-18)12-23-29(30(28)42)37-32(45-21-7-9-44-10-8-21)38-31(23)40-15-20-11-19(40)16-41(20)33(43)46-34(2,3)4/h12-14,18-21,42H,5-11,15-16H2,1-4H3,(H,36,39)/t19-,20-/m0/s1. The number of H-pyrrole nitrogens is 1. The third kappa shape index (κ3) is 4.97. The Morgan fingerprint density at radius 2 is 1.85 bits per heavy atom. The molecule has 2 atom stereocenters. The number of aromatic nitrogens is 4. The number of fused-ring (bicyclic) bond motifs is 4. The van der Waals surface area contributed by atoms with Crippen LogP contribution in [0.1, 0.15) is 69.9 Å². The molecule has 5 heterocycles. The second kappa shape index (κ2) is 10.7. The maximum absolute atomic E-state index is 15.3. The SMILES string of the molecule is Cc1c(F)cc2[nH]ncc2c1-c1c(C2CC2)cc2c(N3C[C@@H]4C[C@H]3CN4C(=O)OC(C)(C)C)nc(OC3CCOCC3)nc2c1O. The molecule has 4 aromatic rings. The first-order valence-corrected chi connectivity index (χ1v) is 16.3. The average Bonchev–Trinajstić information content (AvgIpc) is 3.41. The number of aromatic hydroxyl groups is 1. The van der Waals surface area contributed by atoms with Crippen LogP contribution in [0.5, 0.6) is 11.8 Å². The molecule has 2 aromatic carbocycles. The Hall–Kier alpha value is -4.19. The highest BCUT2D eigenvalue weighted by molar-refractivity contribution is 6.06. The monoisotopic (exact) mass is 630 g/mol. The van der Waals surface area contributed by atoms with E-state index in [4.69, 9.17) is 24.2 Å². The van der Waals surface area contributed by atoms with Gasteiger partial charge in [0.1, 0.15) is 34.6 Å². The maximum atomic E-state index is 15.3. The lowest BCUT2D eigenvalue weighted by Gasteiger charge is -2.36. The van der Waals surface area contributed by atoms with Gasteiger partial charge in [-0.3, -0.25) is 5.10 Å². The van der Waals surface area contributed by atoms with Crippen LogP contribution in [0.3, 0.4) is 0 Å². The van der Waals surface area contributed by atoms with Gasteiger partial charge in [-0.05, 0) is 76.1 Å². The van der Waals surface area contributed by atoms with E-state index in [1.807, 2.05) is 25.7 Å². The van der Waals surface area contributed by atoms with Crippen LogP contribution < -0.4 is 9.64 Å². The summed E-state index contributed by atoms with van der Waals surface area (Å²) in [6, 6.07) is 3.72. The van der Waals surface area contributed by atoms with Crippen molar-refractivity contribution in [2.45, 2.75) is 89.5 Å². The Morgan fingerprint density at radius 3 is 2.54 bits per heavy atom. The van der Waals surface area contributed by atoms with Gasteiger partial charge in [-0.15, -0.1) is 0 Å². The van der Waals surface area contributed by atoms with Gasteiger partial charge >= 0.3 is 12.1 Å². The van der Waals surface area contributed by atoms with E-state index in [9.17, 15) is 9.90 Å². The van der Waals surface area contributed by atoms with E-state index in [0.717, 1.165) is 48.4 Å². The summed E-state index contributed by atoms with van der Waals surface area (Å²) in [5, 5.41) is 20.7. The molecule has 2 bridgehead atoms. The first-order valence-electron chi connectivity index (χ1n) is 16.3. The summed E-state index contributed by atoms with van der Waals surface area (Å²) in [6.45, 7) is 9.65. The highest BCUT2D eigenvalue weighted by Gasteiger charge is 2.48. The number of hydrogen-bond donors (Lipinski definition) is 2. The molecule has 0 radical (unpaired) electrons. The molecule has 1 aliphatic carbocycles. The molecule has 11 nitrogen and oxygen atoms in total. The Balaban J connectivity index is 1.27. The van der Waals surface area contributed by atoms with Crippen molar-refractivity contribution in [3.63, 3.8) is 0 Å². The summed E-state index contributed by atoms with van der Waals surface area (Å²) in [5.74, 6) is 0.508. The molecular weight excluding hydrogens is 591 g/mol. The molecule has 3 aliphatic heterocycles. The summed E-state index contributed by atoms with van der Waals surface area (Å²) >= 11 is 0. The van der Waals surface area contributed by atoms with E-state index in [2.05, 4.69) is 21.2 Å². The number of hydrogen-bond acceptors (Lipinski definition) is 9. The molecule has 1 saturated carbocycles. The van der Waals surface area contributed by atoms with Gasteiger partial charge in [-0.25, -0.2) is 9.18 Å². The van der Waals surface area contributed by atoms with Crippen molar-refractivity contribution in [1.82, 2.24) is 25.1 Å². The molecule has 2 N–H and O–H groups in total. The van der Waals surface area contributed by atoms with Crippen molar-refractivity contribution in [2.24, 2.45) is 0 Å². The van der Waals surface area contributed by atoms with Crippen LogP contribution >= 0.6 is 0 Å². The second-order valence-corrected chi connectivity index (χ2v) is 14.1. The fraction of sp³-hybridized carbons (Fsp3) is 0.529. The van der Waals surface area contributed by atoms with Crippen LogP contribution in [0, 0.1) is 12.7 Å². The van der Waals surface area contributed by atoms with Crippen molar-refractivity contribution in [1.29, 1.82) is 0 Å². The molecular formula is C34H39FN6O5. The highest BCUT2D eigenvalue weighted by atomic mass is 19.1. The predicted octanol–water partition coefficient (Wildman–Crippen LogP) is 5.96. The number of aromatic amines is 1. The van der Waals surface area contributed by atoms with Crippen molar-refractivity contribution in [3.05, 3.63) is 35.3 Å². The second-order valence-electron chi connectivity index (χ2n) is 14.1. The molecule has 3 saturated heterocycles. The van der Waals surface area contributed by atoms with Gasteiger partial charge in [-0.1, -0.05) is 0 Å². The first-order chi connectivity index (χ1) is 22.1. The summed E-state index contributed by atoms with van der Waals surface area (Å²) in [5.41, 5.74) is 2.94. The van der Waals surface area contributed by atoms with Gasteiger partial charge in [0.05, 0.1) is 37.0 Å². The number of nitrogens with zero attached hydrogens (tertiary/aromatic N) is 5. The Morgan fingerprint density at radius 1 is 1.07 bits per heavy atom. The van der Waals surface area contributed by atoms with Crippen LogP contribution in [0.2, 0.25) is 0 Å². The van der Waals surface area contributed by atoms with E-state index < -0.39 is 5.60 Å². The molecule has 4 fully saturated rings. The Bertz CT molecular complexity index is 1860. The number of phenols is 1. The molecule has 2 aromatic heterocycles. The van der Waals surface area contributed by atoms with E-state index in [1.54, 1.807) is 13.1 Å². The zero-order valence-corrected chi connectivity index (χ0v) is 26.6. The number of halogens is 1. The third-order valence-corrected chi connectivity index (χ3v) is 9.75. The number of ether oxygens (including phenoxy) is 3. The quantitative estimate of drug-likeness (QED) is 0.275.